The highest BCUT2D eigenvalue weighted by atomic mass is 79.9. The molecule has 2 nitrogen and oxygen atoms in total. The molecule has 0 radical (unpaired) electrons. The predicted molar refractivity (Wildman–Crippen MR) is 95.8 cm³/mol. The van der Waals surface area contributed by atoms with Crippen LogP contribution in [0.2, 0.25) is 0 Å². The fourth-order valence-electron chi connectivity index (χ4n) is 3.20. The lowest BCUT2D eigenvalue weighted by molar-refractivity contribution is 0.0687. The van der Waals surface area contributed by atoms with E-state index in [4.69, 9.17) is 0 Å². The van der Waals surface area contributed by atoms with Crippen LogP contribution in [0.5, 0.6) is 0 Å². The van der Waals surface area contributed by atoms with Gasteiger partial charge in [-0.15, -0.1) is 0 Å². The third-order valence-electron chi connectivity index (χ3n) is 4.28. The van der Waals surface area contributed by atoms with E-state index in [0.29, 0.717) is 6.42 Å². The Kier molecular flexibility index (Phi) is 4.48. The third kappa shape index (κ3) is 2.65. The molecule has 0 bridgehead atoms. The van der Waals surface area contributed by atoms with E-state index in [1.807, 2.05) is 43.4 Å². The van der Waals surface area contributed by atoms with Gasteiger partial charge in [0.15, 0.2) is 0 Å². The first-order valence-electron chi connectivity index (χ1n) is 7.60. The minimum Gasteiger partial charge on any atom is -0.380 e. The molecule has 114 valence electrons. The first-order chi connectivity index (χ1) is 10.7. The molecular formula is C19H20BrNO. The summed E-state index contributed by atoms with van der Waals surface area (Å²) in [6.45, 7) is 0.890. The number of nitrogens with one attached hydrogen (secondary N) is 1. The van der Waals surface area contributed by atoms with Crippen molar-refractivity contribution in [2.75, 3.05) is 13.6 Å². The Morgan fingerprint density at radius 3 is 2.50 bits per heavy atom. The van der Waals surface area contributed by atoms with Gasteiger partial charge in [-0.2, -0.15) is 0 Å². The van der Waals surface area contributed by atoms with Crippen LogP contribution in [0, 0.1) is 0 Å². The summed E-state index contributed by atoms with van der Waals surface area (Å²) in [5.41, 5.74) is 3.12. The highest BCUT2D eigenvalue weighted by molar-refractivity contribution is 9.15. The van der Waals surface area contributed by atoms with Crippen molar-refractivity contribution in [1.82, 2.24) is 5.32 Å². The Morgan fingerprint density at radius 1 is 1.05 bits per heavy atom. The summed E-state index contributed by atoms with van der Waals surface area (Å²) in [7, 11) is 1.94. The number of fused-ring (bicyclic) bond motifs is 2. The lowest BCUT2D eigenvalue weighted by Gasteiger charge is -2.31. The van der Waals surface area contributed by atoms with Crippen LogP contribution in [-0.2, 0) is 5.60 Å². The number of hydrogen-bond acceptors (Lipinski definition) is 2. The number of hydrogen-bond donors (Lipinski definition) is 2. The summed E-state index contributed by atoms with van der Waals surface area (Å²) < 4.78 is 1.01. The Balaban J connectivity index is 2.19. The average Bonchev–Trinajstić information content (AvgIpc) is 2.63. The Bertz CT molecular complexity index is 710. The Labute approximate surface area is 140 Å². The molecule has 0 heterocycles. The lowest BCUT2D eigenvalue weighted by Crippen LogP contribution is -2.30. The average molecular weight is 358 g/mol. The van der Waals surface area contributed by atoms with Crippen molar-refractivity contribution < 1.29 is 5.11 Å². The van der Waals surface area contributed by atoms with Crippen LogP contribution in [0.15, 0.2) is 48.5 Å². The summed E-state index contributed by atoms with van der Waals surface area (Å²) in [5.74, 6) is 0. The van der Waals surface area contributed by atoms with Crippen molar-refractivity contribution in [3.05, 3.63) is 70.8 Å². The van der Waals surface area contributed by atoms with Gasteiger partial charge < -0.3 is 10.4 Å². The van der Waals surface area contributed by atoms with Crippen molar-refractivity contribution in [2.24, 2.45) is 0 Å². The van der Waals surface area contributed by atoms with Gasteiger partial charge in [0.1, 0.15) is 5.60 Å². The van der Waals surface area contributed by atoms with E-state index in [1.165, 1.54) is 0 Å². The molecule has 3 heteroatoms. The highest BCUT2D eigenvalue weighted by Crippen LogP contribution is 2.44. The molecule has 0 aliphatic heterocycles. The minimum atomic E-state index is -0.962. The van der Waals surface area contributed by atoms with Crippen LogP contribution in [-0.4, -0.2) is 18.7 Å². The molecule has 1 unspecified atom stereocenters. The largest absolute Gasteiger partial charge is 0.380 e. The molecule has 0 spiro atoms. The Hall–Kier alpha value is -1.42. The molecule has 1 atom stereocenters. The number of halogens is 1. The van der Waals surface area contributed by atoms with Gasteiger partial charge in [0, 0.05) is 4.48 Å². The molecular weight excluding hydrogens is 338 g/mol. The second-order valence-electron chi connectivity index (χ2n) is 5.69. The molecule has 2 aromatic carbocycles. The van der Waals surface area contributed by atoms with Gasteiger partial charge in [-0.05, 0) is 54.8 Å². The van der Waals surface area contributed by atoms with Gasteiger partial charge in [-0.25, -0.2) is 0 Å². The molecule has 2 aromatic rings. The van der Waals surface area contributed by atoms with Gasteiger partial charge in [0.25, 0.3) is 0 Å². The van der Waals surface area contributed by atoms with Crippen LogP contribution in [0.25, 0.3) is 10.6 Å². The van der Waals surface area contributed by atoms with Crippen LogP contribution in [0.4, 0.5) is 0 Å². The lowest BCUT2D eigenvalue weighted by atomic mass is 9.80. The molecule has 0 saturated carbocycles. The molecule has 1 aliphatic rings. The second kappa shape index (κ2) is 6.37. The van der Waals surface area contributed by atoms with Gasteiger partial charge in [0.05, 0.1) is 0 Å². The van der Waals surface area contributed by atoms with Crippen LogP contribution >= 0.6 is 15.9 Å². The SMILES string of the molecule is CNCCCC1(O)c2ccccc2C=C(Br)c2ccccc21. The van der Waals surface area contributed by atoms with Crippen LogP contribution in [0.3, 0.4) is 0 Å². The zero-order chi connectivity index (χ0) is 15.6. The van der Waals surface area contributed by atoms with Crippen molar-refractivity contribution in [1.29, 1.82) is 0 Å². The van der Waals surface area contributed by atoms with E-state index in [1.54, 1.807) is 0 Å². The second-order valence-corrected chi connectivity index (χ2v) is 6.55. The molecule has 0 aromatic heterocycles. The van der Waals surface area contributed by atoms with Crippen LogP contribution in [0.1, 0.15) is 35.1 Å². The fraction of sp³-hybridized carbons (Fsp3) is 0.263. The Morgan fingerprint density at radius 2 is 1.73 bits per heavy atom. The first kappa shape index (κ1) is 15.5. The normalized spacial score (nSPS) is 19.9. The van der Waals surface area contributed by atoms with Crippen molar-refractivity contribution in [3.8, 4) is 0 Å². The van der Waals surface area contributed by atoms with E-state index in [-0.39, 0.29) is 0 Å². The number of benzene rings is 2. The summed E-state index contributed by atoms with van der Waals surface area (Å²) in [6, 6.07) is 16.2. The molecule has 2 N–H and O–H groups in total. The van der Waals surface area contributed by atoms with E-state index >= 15 is 0 Å². The summed E-state index contributed by atoms with van der Waals surface area (Å²) in [4.78, 5) is 0. The topological polar surface area (TPSA) is 32.3 Å². The van der Waals surface area contributed by atoms with E-state index < -0.39 is 5.60 Å². The zero-order valence-corrected chi connectivity index (χ0v) is 14.2. The van der Waals surface area contributed by atoms with Gasteiger partial charge in [-0.1, -0.05) is 64.5 Å². The van der Waals surface area contributed by atoms with Crippen molar-refractivity contribution >= 4 is 26.5 Å². The maximum Gasteiger partial charge on any atom is 0.116 e. The smallest absolute Gasteiger partial charge is 0.116 e. The summed E-state index contributed by atoms with van der Waals surface area (Å²) in [6.07, 6.45) is 3.70. The quantitative estimate of drug-likeness (QED) is 0.806. The van der Waals surface area contributed by atoms with E-state index in [0.717, 1.165) is 39.7 Å². The molecule has 1 aliphatic carbocycles. The molecule has 0 saturated heterocycles. The van der Waals surface area contributed by atoms with Crippen molar-refractivity contribution in [2.45, 2.75) is 18.4 Å². The molecule has 0 fully saturated rings. The third-order valence-corrected chi connectivity index (χ3v) is 4.94. The predicted octanol–water partition coefficient (Wildman–Crippen LogP) is 4.13. The molecule has 3 rings (SSSR count). The van der Waals surface area contributed by atoms with Gasteiger partial charge >= 0.3 is 0 Å². The van der Waals surface area contributed by atoms with Crippen molar-refractivity contribution in [3.63, 3.8) is 0 Å². The maximum absolute atomic E-state index is 11.6. The van der Waals surface area contributed by atoms with Crippen LogP contribution < -0.4 is 5.32 Å². The summed E-state index contributed by atoms with van der Waals surface area (Å²) in [5, 5.41) is 14.8. The summed E-state index contributed by atoms with van der Waals surface area (Å²) >= 11 is 3.68. The first-order valence-corrected chi connectivity index (χ1v) is 8.39. The zero-order valence-electron chi connectivity index (χ0n) is 12.6. The van der Waals surface area contributed by atoms with E-state index in [9.17, 15) is 5.11 Å². The number of rotatable bonds is 4. The van der Waals surface area contributed by atoms with Gasteiger partial charge in [0.2, 0.25) is 0 Å². The van der Waals surface area contributed by atoms with Gasteiger partial charge in [-0.3, -0.25) is 0 Å². The fourth-order valence-corrected chi connectivity index (χ4v) is 3.79. The molecule has 22 heavy (non-hydrogen) atoms. The standard InChI is InChI=1S/C19H20BrNO/c1-21-12-6-11-19(22)16-9-4-2-7-14(16)13-18(20)15-8-3-5-10-17(15)19/h2-5,7-10,13,21-22H,6,11-12H2,1H3. The highest BCUT2D eigenvalue weighted by Gasteiger charge is 2.36. The maximum atomic E-state index is 11.6. The molecule has 0 amide bonds. The number of aliphatic hydroxyl groups is 1. The monoisotopic (exact) mass is 357 g/mol. The minimum absolute atomic E-state index is 0.690. The van der Waals surface area contributed by atoms with E-state index in [2.05, 4.69) is 39.5 Å².